The van der Waals surface area contributed by atoms with Gasteiger partial charge in [-0.15, -0.1) is 24.0 Å². The molecule has 0 saturated carbocycles. The summed E-state index contributed by atoms with van der Waals surface area (Å²) in [5.41, 5.74) is 1.92. The molecule has 70 valence electrons. The van der Waals surface area contributed by atoms with Crippen LogP contribution in [0.2, 0.25) is 0 Å². The summed E-state index contributed by atoms with van der Waals surface area (Å²) < 4.78 is 1.99. The summed E-state index contributed by atoms with van der Waals surface area (Å²) in [5.74, 6) is 0.473. The molecule has 2 aromatic heterocycles. The molecule has 0 atom stereocenters. The van der Waals surface area contributed by atoms with Gasteiger partial charge in [-0.3, -0.25) is 0 Å². The smallest absolute Gasteiger partial charge is 0.139 e. The minimum Gasteiger partial charge on any atom is -0.336 e. The summed E-state index contributed by atoms with van der Waals surface area (Å²) >= 11 is 5.67. The van der Waals surface area contributed by atoms with E-state index in [-0.39, 0.29) is 12.4 Å². The molecule has 0 spiro atoms. The van der Waals surface area contributed by atoms with Crippen LogP contribution >= 0.6 is 24.0 Å². The summed E-state index contributed by atoms with van der Waals surface area (Å²) in [4.78, 5) is 4.38. The molecule has 2 nitrogen and oxygen atoms in total. The van der Waals surface area contributed by atoms with Gasteiger partial charge >= 0.3 is 0 Å². The molecule has 0 N–H and O–H groups in total. The third-order valence-corrected chi connectivity index (χ3v) is 2.19. The number of halogens is 2. The van der Waals surface area contributed by atoms with Gasteiger partial charge < -0.3 is 4.57 Å². The first-order valence-corrected chi connectivity index (χ1v) is 4.31. The van der Waals surface area contributed by atoms with Gasteiger partial charge in [0.1, 0.15) is 5.65 Å². The Morgan fingerprint density at radius 2 is 2.15 bits per heavy atom. The predicted molar refractivity (Wildman–Crippen MR) is 57.5 cm³/mol. The van der Waals surface area contributed by atoms with Crippen LogP contribution in [-0.4, -0.2) is 9.55 Å². The molecule has 0 radical (unpaired) electrons. The molecule has 0 fully saturated rings. The van der Waals surface area contributed by atoms with Crippen molar-refractivity contribution < 1.29 is 0 Å². The second-order valence-corrected chi connectivity index (χ2v) is 3.04. The van der Waals surface area contributed by atoms with Crippen molar-refractivity contribution in [2.24, 2.45) is 7.05 Å². The van der Waals surface area contributed by atoms with Crippen molar-refractivity contribution in [1.29, 1.82) is 0 Å². The van der Waals surface area contributed by atoms with E-state index in [0.29, 0.717) is 5.88 Å². The Morgan fingerprint density at radius 3 is 2.85 bits per heavy atom. The Balaban J connectivity index is 0.000000845. The van der Waals surface area contributed by atoms with Gasteiger partial charge in [-0.1, -0.05) is 0 Å². The minimum absolute atomic E-state index is 0. The number of hydrogen-bond acceptors (Lipinski definition) is 1. The van der Waals surface area contributed by atoms with Crippen molar-refractivity contribution in [2.75, 3.05) is 0 Å². The van der Waals surface area contributed by atoms with Gasteiger partial charge in [0.2, 0.25) is 0 Å². The van der Waals surface area contributed by atoms with Gasteiger partial charge in [0.05, 0.1) is 11.6 Å². The van der Waals surface area contributed by atoms with Gasteiger partial charge in [-0.05, 0) is 18.2 Å². The van der Waals surface area contributed by atoms with Crippen molar-refractivity contribution in [3.8, 4) is 0 Å². The number of pyridine rings is 1. The molecule has 0 amide bonds. The topological polar surface area (TPSA) is 17.8 Å². The van der Waals surface area contributed by atoms with E-state index in [4.69, 9.17) is 11.6 Å². The number of aromatic nitrogens is 2. The van der Waals surface area contributed by atoms with E-state index in [1.165, 1.54) is 0 Å². The van der Waals surface area contributed by atoms with E-state index >= 15 is 0 Å². The van der Waals surface area contributed by atoms with E-state index in [0.717, 1.165) is 16.7 Å². The molecular weight excluding hydrogens is 207 g/mol. The van der Waals surface area contributed by atoms with Crippen LogP contribution < -0.4 is 0 Å². The average molecular weight is 217 g/mol. The summed E-state index contributed by atoms with van der Waals surface area (Å²) in [5, 5.41) is 1.16. The fraction of sp³-hybridized carbons (Fsp3) is 0.222. The fourth-order valence-corrected chi connectivity index (χ4v) is 1.40. The molecule has 0 unspecified atom stereocenters. The van der Waals surface area contributed by atoms with Crippen molar-refractivity contribution >= 4 is 35.0 Å². The first-order chi connectivity index (χ1) is 5.81. The van der Waals surface area contributed by atoms with Gasteiger partial charge in [0.25, 0.3) is 0 Å². The van der Waals surface area contributed by atoms with Crippen LogP contribution in [0.15, 0.2) is 24.4 Å². The number of hydrogen-bond donors (Lipinski definition) is 0. The zero-order valence-corrected chi connectivity index (χ0v) is 8.77. The Hall–Kier alpha value is -0.730. The molecule has 2 rings (SSSR count). The van der Waals surface area contributed by atoms with E-state index < -0.39 is 0 Å². The van der Waals surface area contributed by atoms with Gasteiger partial charge in [-0.2, -0.15) is 0 Å². The second kappa shape index (κ2) is 3.99. The highest BCUT2D eigenvalue weighted by molar-refractivity contribution is 6.16. The molecule has 4 heteroatoms. The lowest BCUT2D eigenvalue weighted by Crippen LogP contribution is -1.90. The number of nitrogens with zero attached hydrogens (tertiary/aromatic N) is 2. The number of fused-ring (bicyclic) bond motifs is 1. The Morgan fingerprint density at radius 1 is 1.38 bits per heavy atom. The maximum absolute atomic E-state index is 5.67. The lowest BCUT2D eigenvalue weighted by Gasteiger charge is -1.97. The molecule has 0 aliphatic carbocycles. The van der Waals surface area contributed by atoms with Crippen molar-refractivity contribution in [1.82, 2.24) is 9.55 Å². The molecule has 0 saturated heterocycles. The van der Waals surface area contributed by atoms with Crippen molar-refractivity contribution in [3.63, 3.8) is 0 Å². The number of aryl methyl sites for hydroxylation is 1. The summed E-state index contributed by atoms with van der Waals surface area (Å²) in [6.45, 7) is 0. The van der Waals surface area contributed by atoms with Crippen LogP contribution in [0.5, 0.6) is 0 Å². The molecule has 0 aromatic carbocycles. The molecular formula is C9H10Cl2N2. The normalized spacial score (nSPS) is 10.0. The van der Waals surface area contributed by atoms with E-state index in [9.17, 15) is 0 Å². The van der Waals surface area contributed by atoms with Gasteiger partial charge in [-0.25, -0.2) is 4.98 Å². The zero-order valence-electron chi connectivity index (χ0n) is 7.20. The maximum atomic E-state index is 5.67. The standard InChI is InChI=1S/C9H9ClN2.ClH/c1-12-5-4-7-2-3-8(6-10)11-9(7)12;/h2-5H,6H2,1H3;1H. The predicted octanol–water partition coefficient (Wildman–Crippen LogP) is 2.73. The SMILES string of the molecule is Cl.Cn1ccc2ccc(CCl)nc21. The highest BCUT2D eigenvalue weighted by Gasteiger charge is 1.99. The van der Waals surface area contributed by atoms with Crippen LogP contribution in [0, 0.1) is 0 Å². The second-order valence-electron chi connectivity index (χ2n) is 2.78. The van der Waals surface area contributed by atoms with Crippen molar-refractivity contribution in [3.05, 3.63) is 30.1 Å². The van der Waals surface area contributed by atoms with Gasteiger partial charge in [0.15, 0.2) is 0 Å². The Bertz CT molecular complexity index is 409. The highest BCUT2D eigenvalue weighted by Crippen LogP contribution is 2.13. The Labute approximate surface area is 87.9 Å². The summed E-state index contributed by atoms with van der Waals surface area (Å²) in [7, 11) is 1.98. The molecule has 13 heavy (non-hydrogen) atoms. The maximum Gasteiger partial charge on any atom is 0.139 e. The van der Waals surface area contributed by atoms with E-state index in [1.54, 1.807) is 0 Å². The monoisotopic (exact) mass is 216 g/mol. The summed E-state index contributed by atoms with van der Waals surface area (Å²) in [6, 6.07) is 6.04. The van der Waals surface area contributed by atoms with Crippen LogP contribution in [0.3, 0.4) is 0 Å². The lowest BCUT2D eigenvalue weighted by atomic mass is 10.3. The third kappa shape index (κ3) is 1.79. The zero-order chi connectivity index (χ0) is 8.55. The highest BCUT2D eigenvalue weighted by atomic mass is 35.5. The third-order valence-electron chi connectivity index (χ3n) is 1.91. The number of alkyl halides is 1. The molecule has 0 bridgehead atoms. The first kappa shape index (κ1) is 10.4. The molecule has 2 heterocycles. The quantitative estimate of drug-likeness (QED) is 0.671. The number of rotatable bonds is 1. The van der Waals surface area contributed by atoms with Crippen molar-refractivity contribution in [2.45, 2.75) is 5.88 Å². The molecule has 2 aromatic rings. The average Bonchev–Trinajstić information content (AvgIpc) is 2.47. The molecule has 0 aliphatic rings. The minimum atomic E-state index is 0. The van der Waals surface area contributed by atoms with Crippen LogP contribution in [-0.2, 0) is 12.9 Å². The Kier molecular flexibility index (Phi) is 3.17. The van der Waals surface area contributed by atoms with Crippen LogP contribution in [0.1, 0.15) is 5.69 Å². The largest absolute Gasteiger partial charge is 0.336 e. The fourth-order valence-electron chi connectivity index (χ4n) is 1.25. The van der Waals surface area contributed by atoms with Gasteiger partial charge in [0, 0.05) is 18.6 Å². The first-order valence-electron chi connectivity index (χ1n) is 3.78. The lowest BCUT2D eigenvalue weighted by molar-refractivity contribution is 0.942. The van der Waals surface area contributed by atoms with Crippen LogP contribution in [0.25, 0.3) is 11.0 Å². The van der Waals surface area contributed by atoms with E-state index in [1.807, 2.05) is 36.0 Å². The van der Waals surface area contributed by atoms with E-state index in [2.05, 4.69) is 4.98 Å². The molecule has 0 aliphatic heterocycles. The van der Waals surface area contributed by atoms with Crippen LogP contribution in [0.4, 0.5) is 0 Å². The summed E-state index contributed by atoms with van der Waals surface area (Å²) in [6.07, 6.45) is 2.00.